The summed E-state index contributed by atoms with van der Waals surface area (Å²) < 4.78 is 5.27. The van der Waals surface area contributed by atoms with Gasteiger partial charge in [-0.2, -0.15) is 0 Å². The zero-order valence-corrected chi connectivity index (χ0v) is 14.3. The van der Waals surface area contributed by atoms with Gasteiger partial charge in [0.1, 0.15) is 11.6 Å². The second kappa shape index (κ2) is 7.06. The highest BCUT2D eigenvalue weighted by Gasteiger charge is 2.42. The van der Waals surface area contributed by atoms with E-state index in [-0.39, 0.29) is 5.91 Å². The van der Waals surface area contributed by atoms with Gasteiger partial charge in [-0.3, -0.25) is 10.1 Å². The number of hydrogen-bond acceptors (Lipinski definition) is 7. The predicted octanol–water partition coefficient (Wildman–Crippen LogP) is 2.60. The molecule has 1 atom stereocenters. The average Bonchev–Trinajstić information content (AvgIpc) is 3.21. The third-order valence-electron chi connectivity index (χ3n) is 3.57. The molecule has 1 aliphatic heterocycles. The molecule has 2 heterocycles. The van der Waals surface area contributed by atoms with Gasteiger partial charge in [-0.1, -0.05) is 46.8 Å². The number of ether oxygens (including phenoxy) is 1. The normalized spacial score (nSPS) is 19.7. The molecule has 0 fully saturated rings. The first-order valence-electron chi connectivity index (χ1n) is 7.63. The summed E-state index contributed by atoms with van der Waals surface area (Å²) >= 11 is 1.28. The first-order valence-corrected chi connectivity index (χ1v) is 8.44. The van der Waals surface area contributed by atoms with Crippen LogP contribution in [0.2, 0.25) is 0 Å². The summed E-state index contributed by atoms with van der Waals surface area (Å²) in [5, 5.41) is 15.9. The number of anilines is 1. The molecule has 0 saturated heterocycles. The van der Waals surface area contributed by atoms with Gasteiger partial charge in [0.25, 0.3) is 5.91 Å². The number of rotatable bonds is 6. The van der Waals surface area contributed by atoms with E-state index in [1.165, 1.54) is 11.3 Å². The number of nitrogens with zero attached hydrogens (tertiary/aromatic N) is 3. The minimum Gasteiger partial charge on any atom is -0.379 e. The minimum atomic E-state index is -1.06. The van der Waals surface area contributed by atoms with Gasteiger partial charge in [0.05, 0.1) is 5.71 Å². The van der Waals surface area contributed by atoms with E-state index in [1.807, 2.05) is 37.3 Å². The van der Waals surface area contributed by atoms with E-state index in [4.69, 9.17) is 9.57 Å². The van der Waals surface area contributed by atoms with Gasteiger partial charge in [-0.25, -0.2) is 0 Å². The SMILES string of the molecule is CCOCc1nnc(NC(=O)[C@@]2(C)CC(c3ccccc3)=NO2)s1. The van der Waals surface area contributed by atoms with Gasteiger partial charge in [0.15, 0.2) is 0 Å². The number of carbonyl (C=O) groups excluding carboxylic acids is 1. The van der Waals surface area contributed by atoms with Crippen molar-refractivity contribution in [2.75, 3.05) is 11.9 Å². The molecular formula is C16H18N4O3S. The average molecular weight is 346 g/mol. The number of carbonyl (C=O) groups is 1. The lowest BCUT2D eigenvalue weighted by molar-refractivity contribution is -0.135. The lowest BCUT2D eigenvalue weighted by Gasteiger charge is -2.19. The Morgan fingerprint density at radius 1 is 1.38 bits per heavy atom. The van der Waals surface area contributed by atoms with Gasteiger partial charge >= 0.3 is 0 Å². The van der Waals surface area contributed by atoms with Crippen molar-refractivity contribution >= 4 is 28.1 Å². The first-order chi connectivity index (χ1) is 11.6. The highest BCUT2D eigenvalue weighted by molar-refractivity contribution is 7.15. The Morgan fingerprint density at radius 2 is 2.17 bits per heavy atom. The Hall–Kier alpha value is -2.32. The molecule has 1 aromatic carbocycles. The Bertz CT molecular complexity index is 747. The number of oxime groups is 1. The van der Waals surface area contributed by atoms with Crippen LogP contribution in [0.1, 0.15) is 30.8 Å². The molecule has 1 aliphatic rings. The zero-order valence-electron chi connectivity index (χ0n) is 13.5. The summed E-state index contributed by atoms with van der Waals surface area (Å²) in [5.74, 6) is -0.295. The molecule has 0 saturated carbocycles. The molecule has 1 aromatic heterocycles. The molecule has 0 radical (unpaired) electrons. The molecule has 3 rings (SSSR count). The maximum Gasteiger partial charge on any atom is 0.273 e. The van der Waals surface area contributed by atoms with Gasteiger partial charge in [0, 0.05) is 13.0 Å². The van der Waals surface area contributed by atoms with E-state index in [2.05, 4.69) is 20.7 Å². The standard InChI is InChI=1S/C16H18N4O3S/c1-3-22-10-13-18-19-15(24-13)17-14(21)16(2)9-12(20-23-16)11-7-5-4-6-8-11/h4-8H,3,9-10H2,1-2H3,(H,17,19,21)/t16-/m1/s1. The molecule has 24 heavy (non-hydrogen) atoms. The highest BCUT2D eigenvalue weighted by Crippen LogP contribution is 2.28. The zero-order chi connectivity index (χ0) is 17.0. The van der Waals surface area contributed by atoms with Crippen LogP contribution in [0.4, 0.5) is 5.13 Å². The molecule has 1 amide bonds. The Balaban J connectivity index is 1.62. The molecule has 0 spiro atoms. The van der Waals surface area contributed by atoms with Gasteiger partial charge in [0.2, 0.25) is 10.7 Å². The molecule has 8 heteroatoms. The van der Waals surface area contributed by atoms with Gasteiger partial charge in [-0.15, -0.1) is 10.2 Å². The number of hydrogen-bond donors (Lipinski definition) is 1. The van der Waals surface area contributed by atoms with E-state index in [0.29, 0.717) is 29.8 Å². The van der Waals surface area contributed by atoms with Crippen molar-refractivity contribution in [2.45, 2.75) is 32.5 Å². The lowest BCUT2D eigenvalue weighted by Crippen LogP contribution is -2.40. The van der Waals surface area contributed by atoms with Gasteiger partial charge < -0.3 is 9.57 Å². The third-order valence-corrected chi connectivity index (χ3v) is 4.38. The van der Waals surface area contributed by atoms with Crippen LogP contribution >= 0.6 is 11.3 Å². The molecule has 0 unspecified atom stereocenters. The number of amides is 1. The summed E-state index contributed by atoms with van der Waals surface area (Å²) in [5.41, 5.74) is 0.642. The summed E-state index contributed by atoms with van der Waals surface area (Å²) in [6.45, 7) is 4.61. The minimum absolute atomic E-state index is 0.295. The Kier molecular flexibility index (Phi) is 4.86. The first kappa shape index (κ1) is 16.5. The molecule has 2 aromatic rings. The fourth-order valence-corrected chi connectivity index (χ4v) is 2.90. The quantitative estimate of drug-likeness (QED) is 0.869. The van der Waals surface area contributed by atoms with E-state index in [1.54, 1.807) is 6.92 Å². The number of benzene rings is 1. The summed E-state index contributed by atoms with van der Waals surface area (Å²) in [6, 6.07) is 9.66. The van der Waals surface area contributed by atoms with Gasteiger partial charge in [-0.05, 0) is 19.4 Å². The number of aromatic nitrogens is 2. The summed E-state index contributed by atoms with van der Waals surface area (Å²) in [6.07, 6.45) is 0.396. The second-order valence-electron chi connectivity index (χ2n) is 5.50. The molecule has 126 valence electrons. The van der Waals surface area contributed by atoms with E-state index in [9.17, 15) is 4.79 Å². The van der Waals surface area contributed by atoms with Crippen molar-refractivity contribution in [1.29, 1.82) is 0 Å². The third kappa shape index (κ3) is 3.60. The van der Waals surface area contributed by atoms with E-state index >= 15 is 0 Å². The fraction of sp³-hybridized carbons (Fsp3) is 0.375. The second-order valence-corrected chi connectivity index (χ2v) is 6.56. The van der Waals surface area contributed by atoms with Crippen LogP contribution in [0.3, 0.4) is 0 Å². The molecular weight excluding hydrogens is 328 g/mol. The molecule has 1 N–H and O–H groups in total. The maximum absolute atomic E-state index is 12.5. The van der Waals surface area contributed by atoms with Crippen molar-refractivity contribution in [3.8, 4) is 0 Å². The van der Waals surface area contributed by atoms with Crippen molar-refractivity contribution in [3.63, 3.8) is 0 Å². The van der Waals surface area contributed by atoms with E-state index < -0.39 is 5.60 Å². The van der Waals surface area contributed by atoms with Crippen LogP contribution in [0.5, 0.6) is 0 Å². The van der Waals surface area contributed by atoms with Crippen LogP contribution in [-0.4, -0.2) is 34.0 Å². The largest absolute Gasteiger partial charge is 0.379 e. The van der Waals surface area contributed by atoms with Crippen LogP contribution in [0.25, 0.3) is 0 Å². The van der Waals surface area contributed by atoms with Crippen LogP contribution in [-0.2, 0) is 21.0 Å². The molecule has 7 nitrogen and oxygen atoms in total. The highest BCUT2D eigenvalue weighted by atomic mass is 32.1. The summed E-state index contributed by atoms with van der Waals surface area (Å²) in [7, 11) is 0. The lowest BCUT2D eigenvalue weighted by atomic mass is 9.95. The maximum atomic E-state index is 12.5. The van der Waals surface area contributed by atoms with E-state index in [0.717, 1.165) is 11.3 Å². The predicted molar refractivity (Wildman–Crippen MR) is 91.0 cm³/mol. The van der Waals surface area contributed by atoms with Crippen molar-refractivity contribution in [3.05, 3.63) is 40.9 Å². The van der Waals surface area contributed by atoms with Crippen molar-refractivity contribution < 1.29 is 14.4 Å². The van der Waals surface area contributed by atoms with Crippen LogP contribution in [0.15, 0.2) is 35.5 Å². The fourth-order valence-electron chi connectivity index (χ4n) is 2.23. The monoisotopic (exact) mass is 346 g/mol. The van der Waals surface area contributed by atoms with Crippen molar-refractivity contribution in [1.82, 2.24) is 10.2 Å². The van der Waals surface area contributed by atoms with Crippen LogP contribution in [0, 0.1) is 0 Å². The Labute approximate surface area is 143 Å². The number of nitrogens with one attached hydrogen (secondary N) is 1. The Morgan fingerprint density at radius 3 is 2.92 bits per heavy atom. The molecule has 0 bridgehead atoms. The topological polar surface area (TPSA) is 85.7 Å². The smallest absolute Gasteiger partial charge is 0.273 e. The summed E-state index contributed by atoms with van der Waals surface area (Å²) in [4.78, 5) is 18.0. The van der Waals surface area contributed by atoms with Crippen LogP contribution < -0.4 is 5.32 Å². The van der Waals surface area contributed by atoms with Crippen molar-refractivity contribution in [2.24, 2.45) is 5.16 Å². The molecule has 0 aliphatic carbocycles.